The van der Waals surface area contributed by atoms with E-state index < -0.39 is 0 Å². The number of nitrogens with one attached hydrogen (secondary N) is 1. The Balaban J connectivity index is 2.29. The first-order chi connectivity index (χ1) is 7.61. The van der Waals surface area contributed by atoms with Crippen LogP contribution in [0.15, 0.2) is 18.2 Å². The molecule has 1 aliphatic heterocycles. The van der Waals surface area contributed by atoms with E-state index in [0.29, 0.717) is 17.1 Å². The Bertz CT molecular complexity index is 380. The third-order valence-corrected chi connectivity index (χ3v) is 3.63. The molecular weight excluding hydrogens is 225 g/mol. The third-order valence-electron chi connectivity index (χ3n) is 3.39. The molecule has 0 radical (unpaired) electrons. The summed E-state index contributed by atoms with van der Waals surface area (Å²) in [6.45, 7) is 4.28. The van der Waals surface area contributed by atoms with Crippen molar-refractivity contribution in [2.45, 2.75) is 44.7 Å². The molecule has 1 N–H and O–H groups in total. The van der Waals surface area contributed by atoms with Crippen molar-refractivity contribution < 1.29 is 4.39 Å². The first-order valence-electron chi connectivity index (χ1n) is 5.82. The van der Waals surface area contributed by atoms with E-state index in [0.717, 1.165) is 18.4 Å². The van der Waals surface area contributed by atoms with E-state index >= 15 is 0 Å². The van der Waals surface area contributed by atoms with Gasteiger partial charge in [-0.25, -0.2) is 4.39 Å². The summed E-state index contributed by atoms with van der Waals surface area (Å²) < 4.78 is 13.8. The Kier molecular flexibility index (Phi) is 3.50. The van der Waals surface area contributed by atoms with E-state index in [1.54, 1.807) is 6.07 Å². The van der Waals surface area contributed by atoms with Crippen LogP contribution in [0.4, 0.5) is 4.39 Å². The number of hydrogen-bond acceptors (Lipinski definition) is 1. The Labute approximate surface area is 101 Å². The lowest BCUT2D eigenvalue weighted by atomic mass is 9.89. The summed E-state index contributed by atoms with van der Waals surface area (Å²) in [6.07, 6.45) is 2.02. The Morgan fingerprint density at radius 3 is 2.88 bits per heavy atom. The van der Waals surface area contributed by atoms with Crippen molar-refractivity contribution >= 4 is 11.6 Å². The fourth-order valence-corrected chi connectivity index (χ4v) is 2.80. The molecule has 1 saturated heterocycles. The molecule has 3 heteroatoms. The molecule has 1 aromatic rings. The van der Waals surface area contributed by atoms with E-state index in [-0.39, 0.29) is 11.7 Å². The van der Waals surface area contributed by atoms with Gasteiger partial charge in [0.2, 0.25) is 0 Å². The summed E-state index contributed by atoms with van der Waals surface area (Å²) in [7, 11) is 0. The summed E-state index contributed by atoms with van der Waals surface area (Å²) in [5.74, 6) is 0.101. The highest BCUT2D eigenvalue weighted by atomic mass is 35.5. The molecule has 0 spiro atoms. The lowest BCUT2D eigenvalue weighted by Gasteiger charge is -2.18. The first-order valence-corrected chi connectivity index (χ1v) is 6.20. The topological polar surface area (TPSA) is 12.0 Å². The summed E-state index contributed by atoms with van der Waals surface area (Å²) in [4.78, 5) is 0. The zero-order valence-corrected chi connectivity index (χ0v) is 10.4. The van der Waals surface area contributed by atoms with Crippen molar-refractivity contribution in [1.82, 2.24) is 5.32 Å². The molecule has 0 saturated carbocycles. The van der Waals surface area contributed by atoms with Crippen LogP contribution >= 0.6 is 11.6 Å². The normalized spacial score (nSPS) is 29.6. The second-order valence-corrected chi connectivity index (χ2v) is 5.03. The summed E-state index contributed by atoms with van der Waals surface area (Å²) in [5, 5.41) is 3.96. The van der Waals surface area contributed by atoms with Gasteiger partial charge in [-0.15, -0.1) is 0 Å². The van der Waals surface area contributed by atoms with Gasteiger partial charge in [-0.1, -0.05) is 24.6 Å². The van der Waals surface area contributed by atoms with Crippen LogP contribution in [-0.2, 0) is 0 Å². The summed E-state index contributed by atoms with van der Waals surface area (Å²) >= 11 is 5.77. The molecule has 0 amide bonds. The van der Waals surface area contributed by atoms with Crippen LogP contribution in [0.5, 0.6) is 0 Å². The molecular formula is C13H17ClFN. The van der Waals surface area contributed by atoms with E-state index in [1.165, 1.54) is 6.07 Å². The highest BCUT2D eigenvalue weighted by Crippen LogP contribution is 2.34. The molecule has 1 nitrogen and oxygen atoms in total. The molecule has 0 bridgehead atoms. The molecule has 2 rings (SSSR count). The molecule has 0 aliphatic carbocycles. The molecule has 88 valence electrons. The summed E-state index contributed by atoms with van der Waals surface area (Å²) in [5.41, 5.74) is 0.799. The van der Waals surface area contributed by atoms with Gasteiger partial charge < -0.3 is 5.32 Å². The molecule has 3 atom stereocenters. The zero-order chi connectivity index (χ0) is 11.7. The SMILES string of the molecule is CCC1NC(C)CC1c1ccc(Cl)cc1F. The molecule has 0 aromatic heterocycles. The third kappa shape index (κ3) is 2.23. The van der Waals surface area contributed by atoms with Gasteiger partial charge in [0.1, 0.15) is 5.82 Å². The maximum Gasteiger partial charge on any atom is 0.128 e. The molecule has 16 heavy (non-hydrogen) atoms. The van der Waals surface area contributed by atoms with Gasteiger partial charge in [0.25, 0.3) is 0 Å². The standard InChI is InChI=1S/C13H17ClFN/c1-3-13-11(6-8(2)16-13)10-5-4-9(14)7-12(10)15/h4-5,7-8,11,13,16H,3,6H2,1-2H3. The lowest BCUT2D eigenvalue weighted by molar-refractivity contribution is 0.499. The monoisotopic (exact) mass is 241 g/mol. The molecule has 1 heterocycles. The average molecular weight is 242 g/mol. The van der Waals surface area contributed by atoms with Crippen LogP contribution in [0, 0.1) is 5.82 Å². The van der Waals surface area contributed by atoms with Crippen LogP contribution in [-0.4, -0.2) is 12.1 Å². The smallest absolute Gasteiger partial charge is 0.128 e. The van der Waals surface area contributed by atoms with Crippen LogP contribution < -0.4 is 5.32 Å². The molecule has 1 aromatic carbocycles. The molecule has 1 aliphatic rings. The molecule has 1 fully saturated rings. The van der Waals surface area contributed by atoms with Gasteiger partial charge in [-0.2, -0.15) is 0 Å². The minimum Gasteiger partial charge on any atom is -0.311 e. The van der Waals surface area contributed by atoms with E-state index in [2.05, 4.69) is 19.2 Å². The largest absolute Gasteiger partial charge is 0.311 e. The van der Waals surface area contributed by atoms with Crippen molar-refractivity contribution in [1.29, 1.82) is 0 Å². The Hall–Kier alpha value is -0.600. The van der Waals surface area contributed by atoms with Gasteiger partial charge in [0, 0.05) is 23.0 Å². The minimum absolute atomic E-state index is 0.174. The quantitative estimate of drug-likeness (QED) is 0.832. The highest BCUT2D eigenvalue weighted by molar-refractivity contribution is 6.30. The second-order valence-electron chi connectivity index (χ2n) is 4.59. The fraction of sp³-hybridized carbons (Fsp3) is 0.538. The van der Waals surface area contributed by atoms with E-state index in [9.17, 15) is 4.39 Å². The zero-order valence-electron chi connectivity index (χ0n) is 9.63. The van der Waals surface area contributed by atoms with E-state index in [1.807, 2.05) is 6.07 Å². The number of rotatable bonds is 2. The summed E-state index contributed by atoms with van der Waals surface area (Å²) in [6, 6.07) is 5.85. The highest BCUT2D eigenvalue weighted by Gasteiger charge is 2.32. The second kappa shape index (κ2) is 4.72. The Morgan fingerprint density at radius 1 is 1.50 bits per heavy atom. The average Bonchev–Trinajstić information content (AvgIpc) is 2.59. The lowest BCUT2D eigenvalue weighted by Crippen LogP contribution is -2.28. The van der Waals surface area contributed by atoms with Crippen LogP contribution in [0.2, 0.25) is 5.02 Å². The predicted molar refractivity (Wildman–Crippen MR) is 65.4 cm³/mol. The van der Waals surface area contributed by atoms with Crippen LogP contribution in [0.25, 0.3) is 0 Å². The predicted octanol–water partition coefficient (Wildman–Crippen LogP) is 3.72. The van der Waals surface area contributed by atoms with Gasteiger partial charge >= 0.3 is 0 Å². The Morgan fingerprint density at radius 2 is 2.25 bits per heavy atom. The van der Waals surface area contributed by atoms with Gasteiger partial charge in [-0.3, -0.25) is 0 Å². The first kappa shape index (κ1) is 11.9. The maximum absolute atomic E-state index is 13.8. The fourth-order valence-electron chi connectivity index (χ4n) is 2.64. The van der Waals surface area contributed by atoms with Crippen LogP contribution in [0.3, 0.4) is 0 Å². The van der Waals surface area contributed by atoms with Crippen molar-refractivity contribution in [3.05, 3.63) is 34.6 Å². The molecule has 3 unspecified atom stereocenters. The van der Waals surface area contributed by atoms with Crippen molar-refractivity contribution in [3.63, 3.8) is 0 Å². The van der Waals surface area contributed by atoms with Crippen molar-refractivity contribution in [2.75, 3.05) is 0 Å². The minimum atomic E-state index is -0.174. The number of halogens is 2. The maximum atomic E-state index is 13.8. The van der Waals surface area contributed by atoms with Crippen LogP contribution in [0.1, 0.15) is 38.2 Å². The van der Waals surface area contributed by atoms with Gasteiger partial charge in [-0.05, 0) is 37.5 Å². The number of benzene rings is 1. The van der Waals surface area contributed by atoms with E-state index in [4.69, 9.17) is 11.6 Å². The van der Waals surface area contributed by atoms with Gasteiger partial charge in [0.15, 0.2) is 0 Å². The van der Waals surface area contributed by atoms with Gasteiger partial charge in [0.05, 0.1) is 0 Å². The van der Waals surface area contributed by atoms with Crippen molar-refractivity contribution in [2.24, 2.45) is 0 Å². The number of hydrogen-bond donors (Lipinski definition) is 1. The van der Waals surface area contributed by atoms with Crippen molar-refractivity contribution in [3.8, 4) is 0 Å².